The van der Waals surface area contributed by atoms with Crippen LogP contribution < -0.4 is 10.1 Å². The highest BCUT2D eigenvalue weighted by Gasteiger charge is 2.15. The SMILES string of the molecule is CCOC(=O)CSC(C)C(=O)NCc1ccc(OC)cc1. The van der Waals surface area contributed by atoms with Crippen LogP contribution in [0.5, 0.6) is 5.75 Å². The Hall–Kier alpha value is -1.69. The zero-order valence-corrected chi connectivity index (χ0v) is 13.4. The number of amides is 1. The predicted molar refractivity (Wildman–Crippen MR) is 83.4 cm³/mol. The Labute approximate surface area is 129 Å². The molecule has 0 fully saturated rings. The van der Waals surface area contributed by atoms with Crippen molar-refractivity contribution >= 4 is 23.6 Å². The summed E-state index contributed by atoms with van der Waals surface area (Å²) in [6.45, 7) is 4.34. The van der Waals surface area contributed by atoms with E-state index in [1.165, 1.54) is 11.8 Å². The average molecular weight is 311 g/mol. The van der Waals surface area contributed by atoms with Crippen molar-refractivity contribution in [3.8, 4) is 5.75 Å². The normalized spacial score (nSPS) is 11.6. The number of methoxy groups -OCH3 is 1. The van der Waals surface area contributed by atoms with E-state index in [9.17, 15) is 9.59 Å². The molecule has 0 aliphatic heterocycles. The first-order chi connectivity index (χ1) is 10.1. The van der Waals surface area contributed by atoms with E-state index < -0.39 is 0 Å². The van der Waals surface area contributed by atoms with E-state index in [1.54, 1.807) is 21.0 Å². The molecule has 0 saturated heterocycles. The summed E-state index contributed by atoms with van der Waals surface area (Å²) in [5.41, 5.74) is 0.992. The van der Waals surface area contributed by atoms with Crippen LogP contribution in [0.1, 0.15) is 19.4 Å². The maximum Gasteiger partial charge on any atom is 0.315 e. The smallest absolute Gasteiger partial charge is 0.315 e. The van der Waals surface area contributed by atoms with Crippen molar-refractivity contribution in [3.63, 3.8) is 0 Å². The highest BCUT2D eigenvalue weighted by molar-refractivity contribution is 8.01. The molecule has 0 aliphatic carbocycles. The number of esters is 1. The van der Waals surface area contributed by atoms with E-state index in [-0.39, 0.29) is 22.9 Å². The van der Waals surface area contributed by atoms with Crippen molar-refractivity contribution < 1.29 is 19.1 Å². The van der Waals surface area contributed by atoms with Gasteiger partial charge in [0.2, 0.25) is 5.91 Å². The Morgan fingerprint density at radius 2 is 1.95 bits per heavy atom. The fourth-order valence-electron chi connectivity index (χ4n) is 1.55. The molecule has 0 spiro atoms. The number of carbonyl (C=O) groups excluding carboxylic acids is 2. The van der Waals surface area contributed by atoms with Gasteiger partial charge in [0.25, 0.3) is 0 Å². The van der Waals surface area contributed by atoms with Crippen molar-refractivity contribution in [1.82, 2.24) is 5.32 Å². The molecule has 6 heteroatoms. The van der Waals surface area contributed by atoms with Crippen LogP contribution in [-0.4, -0.2) is 36.6 Å². The molecule has 1 amide bonds. The molecule has 0 radical (unpaired) electrons. The number of thioether (sulfide) groups is 1. The lowest BCUT2D eigenvalue weighted by Crippen LogP contribution is -2.31. The second kappa shape index (κ2) is 9.28. The molecular weight excluding hydrogens is 290 g/mol. The standard InChI is InChI=1S/C15H21NO4S/c1-4-20-14(17)10-21-11(2)15(18)16-9-12-5-7-13(19-3)8-6-12/h5-8,11H,4,9-10H2,1-3H3,(H,16,18). The van der Waals surface area contributed by atoms with Crippen molar-refractivity contribution in [2.75, 3.05) is 19.5 Å². The fourth-order valence-corrected chi connectivity index (χ4v) is 2.25. The molecule has 1 unspecified atom stereocenters. The van der Waals surface area contributed by atoms with E-state index >= 15 is 0 Å². The number of nitrogens with one attached hydrogen (secondary N) is 1. The zero-order chi connectivity index (χ0) is 15.7. The van der Waals surface area contributed by atoms with Gasteiger partial charge >= 0.3 is 5.97 Å². The quantitative estimate of drug-likeness (QED) is 0.744. The Morgan fingerprint density at radius 3 is 2.52 bits per heavy atom. The van der Waals surface area contributed by atoms with Gasteiger partial charge in [0.05, 0.1) is 24.7 Å². The molecule has 0 bridgehead atoms. The number of carbonyl (C=O) groups is 2. The topological polar surface area (TPSA) is 64.6 Å². The van der Waals surface area contributed by atoms with E-state index in [0.29, 0.717) is 13.2 Å². The summed E-state index contributed by atoms with van der Waals surface area (Å²) >= 11 is 1.27. The van der Waals surface area contributed by atoms with Gasteiger partial charge in [0, 0.05) is 6.54 Å². The molecule has 0 aliphatic rings. The number of rotatable bonds is 8. The highest BCUT2D eigenvalue weighted by Crippen LogP contribution is 2.13. The van der Waals surface area contributed by atoms with Crippen molar-refractivity contribution in [1.29, 1.82) is 0 Å². The van der Waals surface area contributed by atoms with Crippen LogP contribution in [-0.2, 0) is 20.9 Å². The van der Waals surface area contributed by atoms with Crippen LogP contribution in [0.4, 0.5) is 0 Å². The minimum Gasteiger partial charge on any atom is -0.497 e. The van der Waals surface area contributed by atoms with Crippen LogP contribution in [0.15, 0.2) is 24.3 Å². The molecule has 116 valence electrons. The number of hydrogen-bond donors (Lipinski definition) is 1. The minimum absolute atomic E-state index is 0.0971. The van der Waals surface area contributed by atoms with E-state index in [1.807, 2.05) is 24.3 Å². The number of hydrogen-bond acceptors (Lipinski definition) is 5. The summed E-state index contributed by atoms with van der Waals surface area (Å²) in [7, 11) is 1.61. The highest BCUT2D eigenvalue weighted by atomic mass is 32.2. The third-order valence-electron chi connectivity index (χ3n) is 2.75. The first-order valence-corrected chi connectivity index (χ1v) is 7.79. The van der Waals surface area contributed by atoms with Crippen LogP contribution in [0.25, 0.3) is 0 Å². The molecule has 1 aromatic rings. The summed E-state index contributed by atoms with van der Waals surface area (Å²) in [5.74, 6) is 0.575. The van der Waals surface area contributed by atoms with E-state index in [4.69, 9.17) is 9.47 Å². The zero-order valence-electron chi connectivity index (χ0n) is 12.5. The monoisotopic (exact) mass is 311 g/mol. The molecule has 1 aromatic carbocycles. The Morgan fingerprint density at radius 1 is 1.29 bits per heavy atom. The molecule has 0 saturated carbocycles. The van der Waals surface area contributed by atoms with Gasteiger partial charge in [-0.05, 0) is 31.5 Å². The predicted octanol–water partition coefficient (Wildman–Crippen LogP) is 2.00. The molecular formula is C15H21NO4S. The Balaban J connectivity index is 2.33. The molecule has 21 heavy (non-hydrogen) atoms. The lowest BCUT2D eigenvalue weighted by molar-refractivity contribution is -0.139. The number of ether oxygens (including phenoxy) is 2. The summed E-state index contributed by atoms with van der Waals surface area (Å²) in [6, 6.07) is 7.49. The summed E-state index contributed by atoms with van der Waals surface area (Å²) < 4.78 is 9.89. The lowest BCUT2D eigenvalue weighted by Gasteiger charge is -2.12. The van der Waals surface area contributed by atoms with Gasteiger partial charge in [-0.3, -0.25) is 9.59 Å². The minimum atomic E-state index is -0.298. The van der Waals surface area contributed by atoms with Gasteiger partial charge in [-0.25, -0.2) is 0 Å². The Bertz CT molecular complexity index is 461. The van der Waals surface area contributed by atoms with Gasteiger partial charge < -0.3 is 14.8 Å². The molecule has 1 N–H and O–H groups in total. The summed E-state index contributed by atoms with van der Waals surface area (Å²) in [4.78, 5) is 23.1. The second-order valence-corrected chi connectivity index (χ2v) is 5.65. The average Bonchev–Trinajstić information content (AvgIpc) is 2.51. The summed E-state index contributed by atoms with van der Waals surface area (Å²) in [5, 5.41) is 2.54. The van der Waals surface area contributed by atoms with Crippen LogP contribution >= 0.6 is 11.8 Å². The summed E-state index contributed by atoms with van der Waals surface area (Å²) in [6.07, 6.45) is 0. The maximum absolute atomic E-state index is 11.9. The van der Waals surface area contributed by atoms with Gasteiger partial charge in [-0.1, -0.05) is 12.1 Å². The molecule has 0 aromatic heterocycles. The number of benzene rings is 1. The van der Waals surface area contributed by atoms with Gasteiger partial charge in [-0.15, -0.1) is 11.8 Å². The fraction of sp³-hybridized carbons (Fsp3) is 0.467. The van der Waals surface area contributed by atoms with Crippen LogP contribution in [0, 0.1) is 0 Å². The van der Waals surface area contributed by atoms with E-state index in [0.717, 1.165) is 11.3 Å². The van der Waals surface area contributed by atoms with Gasteiger partial charge in [-0.2, -0.15) is 0 Å². The lowest BCUT2D eigenvalue weighted by atomic mass is 10.2. The second-order valence-electron chi connectivity index (χ2n) is 4.32. The first kappa shape index (κ1) is 17.4. The largest absolute Gasteiger partial charge is 0.497 e. The van der Waals surface area contributed by atoms with Crippen LogP contribution in [0.3, 0.4) is 0 Å². The third-order valence-corrected chi connectivity index (χ3v) is 3.87. The molecule has 1 atom stereocenters. The molecule has 0 heterocycles. The third kappa shape index (κ3) is 6.53. The van der Waals surface area contributed by atoms with Crippen molar-refractivity contribution in [2.24, 2.45) is 0 Å². The molecule has 5 nitrogen and oxygen atoms in total. The molecule has 1 rings (SSSR count). The van der Waals surface area contributed by atoms with Crippen molar-refractivity contribution in [3.05, 3.63) is 29.8 Å². The Kier molecular flexibility index (Phi) is 7.68. The van der Waals surface area contributed by atoms with Crippen molar-refractivity contribution in [2.45, 2.75) is 25.6 Å². The van der Waals surface area contributed by atoms with E-state index in [2.05, 4.69) is 5.32 Å². The first-order valence-electron chi connectivity index (χ1n) is 6.74. The van der Waals surface area contributed by atoms with Gasteiger partial charge in [0.1, 0.15) is 5.75 Å². The van der Waals surface area contributed by atoms with Gasteiger partial charge in [0.15, 0.2) is 0 Å². The maximum atomic E-state index is 11.9. The van der Waals surface area contributed by atoms with Crippen LogP contribution in [0.2, 0.25) is 0 Å².